The van der Waals surface area contributed by atoms with E-state index in [-0.39, 0.29) is 5.97 Å². The maximum atomic E-state index is 11.3. The number of hydrogen-bond donors (Lipinski definition) is 1. The number of nitrogens with one attached hydrogen (secondary N) is 1. The highest BCUT2D eigenvalue weighted by molar-refractivity contribution is 7.09. The van der Waals surface area contributed by atoms with Crippen LogP contribution in [0.4, 0.5) is 0 Å². The minimum Gasteiger partial charge on any atom is -0.461 e. The summed E-state index contributed by atoms with van der Waals surface area (Å²) in [6.45, 7) is 6.25. The second-order valence-electron chi connectivity index (χ2n) is 3.35. The van der Waals surface area contributed by atoms with E-state index in [4.69, 9.17) is 4.74 Å². The van der Waals surface area contributed by atoms with Gasteiger partial charge in [0.15, 0.2) is 5.69 Å². The summed E-state index contributed by atoms with van der Waals surface area (Å²) >= 11 is 1.51. The molecule has 0 aliphatic rings. The standard InChI is InChI=1S/C11H18N2O2S/c1-3-6-12-7-5-10-13-9(8-16-10)11(14)15-4-2/h8,12H,3-7H2,1-2H3. The molecule has 0 spiro atoms. The van der Waals surface area contributed by atoms with Crippen LogP contribution < -0.4 is 5.32 Å². The van der Waals surface area contributed by atoms with Crippen LogP contribution in [0, 0.1) is 0 Å². The Kier molecular flexibility index (Phi) is 6.03. The molecule has 0 aromatic carbocycles. The summed E-state index contributed by atoms with van der Waals surface area (Å²) in [4.78, 5) is 15.6. The van der Waals surface area contributed by atoms with E-state index >= 15 is 0 Å². The lowest BCUT2D eigenvalue weighted by molar-refractivity contribution is 0.0520. The lowest BCUT2D eigenvalue weighted by Gasteiger charge is -1.99. The van der Waals surface area contributed by atoms with Gasteiger partial charge >= 0.3 is 5.97 Å². The van der Waals surface area contributed by atoms with Crippen molar-refractivity contribution in [3.63, 3.8) is 0 Å². The van der Waals surface area contributed by atoms with Crippen molar-refractivity contribution in [3.8, 4) is 0 Å². The molecule has 0 radical (unpaired) electrons. The van der Waals surface area contributed by atoms with Crippen molar-refractivity contribution in [2.45, 2.75) is 26.7 Å². The molecular weight excluding hydrogens is 224 g/mol. The molecule has 1 rings (SSSR count). The van der Waals surface area contributed by atoms with Crippen molar-refractivity contribution in [2.75, 3.05) is 19.7 Å². The zero-order valence-electron chi connectivity index (χ0n) is 9.78. The molecule has 16 heavy (non-hydrogen) atoms. The molecular formula is C11H18N2O2S. The summed E-state index contributed by atoms with van der Waals surface area (Å²) in [5.41, 5.74) is 0.428. The van der Waals surface area contributed by atoms with E-state index < -0.39 is 0 Å². The molecule has 0 saturated carbocycles. The van der Waals surface area contributed by atoms with Gasteiger partial charge in [0.2, 0.25) is 0 Å². The Morgan fingerprint density at radius 3 is 3.00 bits per heavy atom. The normalized spacial score (nSPS) is 10.4. The maximum Gasteiger partial charge on any atom is 0.357 e. The van der Waals surface area contributed by atoms with Crippen molar-refractivity contribution >= 4 is 17.3 Å². The summed E-state index contributed by atoms with van der Waals surface area (Å²) in [7, 11) is 0. The molecule has 0 unspecified atom stereocenters. The number of carbonyl (C=O) groups is 1. The van der Waals surface area contributed by atoms with Gasteiger partial charge in [-0.15, -0.1) is 11.3 Å². The average molecular weight is 242 g/mol. The predicted octanol–water partition coefficient (Wildman–Crippen LogP) is 1.86. The molecule has 5 heteroatoms. The monoisotopic (exact) mass is 242 g/mol. The first-order valence-electron chi connectivity index (χ1n) is 5.60. The molecule has 1 aromatic rings. The Hall–Kier alpha value is -0.940. The maximum absolute atomic E-state index is 11.3. The first-order valence-corrected chi connectivity index (χ1v) is 6.48. The van der Waals surface area contributed by atoms with Crippen LogP contribution in [-0.2, 0) is 11.2 Å². The number of rotatable bonds is 7. The summed E-state index contributed by atoms with van der Waals surface area (Å²) in [5, 5.41) is 6.03. The fourth-order valence-electron chi connectivity index (χ4n) is 1.22. The fraction of sp³-hybridized carbons (Fsp3) is 0.636. The van der Waals surface area contributed by atoms with Crippen LogP contribution in [0.15, 0.2) is 5.38 Å². The fourth-order valence-corrected chi connectivity index (χ4v) is 1.99. The van der Waals surface area contributed by atoms with Gasteiger partial charge in [0, 0.05) is 18.3 Å². The highest BCUT2D eigenvalue weighted by atomic mass is 32.1. The summed E-state index contributed by atoms with van der Waals surface area (Å²) in [6, 6.07) is 0. The number of hydrogen-bond acceptors (Lipinski definition) is 5. The van der Waals surface area contributed by atoms with Crippen molar-refractivity contribution in [1.82, 2.24) is 10.3 Å². The molecule has 1 N–H and O–H groups in total. The van der Waals surface area contributed by atoms with E-state index in [0.29, 0.717) is 12.3 Å². The summed E-state index contributed by atoms with van der Waals surface area (Å²) in [6.07, 6.45) is 2.00. The molecule has 0 atom stereocenters. The molecule has 1 heterocycles. The predicted molar refractivity (Wildman–Crippen MR) is 64.9 cm³/mol. The lowest BCUT2D eigenvalue weighted by Crippen LogP contribution is -2.17. The number of nitrogens with zero attached hydrogens (tertiary/aromatic N) is 1. The average Bonchev–Trinajstić information content (AvgIpc) is 2.73. The summed E-state index contributed by atoms with van der Waals surface area (Å²) in [5.74, 6) is -0.327. The largest absolute Gasteiger partial charge is 0.461 e. The molecule has 0 aliphatic carbocycles. The van der Waals surface area contributed by atoms with E-state index in [2.05, 4.69) is 17.2 Å². The smallest absolute Gasteiger partial charge is 0.357 e. The van der Waals surface area contributed by atoms with Crippen molar-refractivity contribution < 1.29 is 9.53 Å². The third-order valence-electron chi connectivity index (χ3n) is 1.98. The topological polar surface area (TPSA) is 51.2 Å². The van der Waals surface area contributed by atoms with Gasteiger partial charge in [-0.25, -0.2) is 9.78 Å². The first-order chi connectivity index (χ1) is 7.77. The van der Waals surface area contributed by atoms with Gasteiger partial charge in [-0.2, -0.15) is 0 Å². The molecule has 0 amide bonds. The Balaban J connectivity index is 2.36. The highest BCUT2D eigenvalue weighted by Gasteiger charge is 2.10. The van der Waals surface area contributed by atoms with Crippen LogP contribution in [0.2, 0.25) is 0 Å². The van der Waals surface area contributed by atoms with E-state index in [9.17, 15) is 4.79 Å². The molecule has 0 bridgehead atoms. The van der Waals surface area contributed by atoms with E-state index in [0.717, 1.165) is 30.9 Å². The van der Waals surface area contributed by atoms with E-state index in [1.165, 1.54) is 11.3 Å². The van der Waals surface area contributed by atoms with Crippen LogP contribution in [0.3, 0.4) is 0 Å². The van der Waals surface area contributed by atoms with Crippen LogP contribution in [0.5, 0.6) is 0 Å². The second-order valence-corrected chi connectivity index (χ2v) is 4.29. The highest BCUT2D eigenvalue weighted by Crippen LogP contribution is 2.11. The van der Waals surface area contributed by atoms with Crippen molar-refractivity contribution in [3.05, 3.63) is 16.1 Å². The van der Waals surface area contributed by atoms with Crippen molar-refractivity contribution in [1.29, 1.82) is 0 Å². The number of aromatic nitrogens is 1. The zero-order chi connectivity index (χ0) is 11.8. The second kappa shape index (κ2) is 7.35. The lowest BCUT2D eigenvalue weighted by atomic mass is 10.4. The molecule has 4 nitrogen and oxygen atoms in total. The van der Waals surface area contributed by atoms with Gasteiger partial charge in [-0.05, 0) is 19.9 Å². The Morgan fingerprint density at radius 1 is 1.50 bits per heavy atom. The number of carbonyl (C=O) groups excluding carboxylic acids is 1. The Morgan fingerprint density at radius 2 is 2.31 bits per heavy atom. The molecule has 1 aromatic heterocycles. The van der Waals surface area contributed by atoms with E-state index in [1.807, 2.05) is 0 Å². The molecule has 90 valence electrons. The van der Waals surface area contributed by atoms with Gasteiger partial charge in [-0.3, -0.25) is 0 Å². The van der Waals surface area contributed by atoms with Crippen LogP contribution >= 0.6 is 11.3 Å². The quantitative estimate of drug-likeness (QED) is 0.586. The van der Waals surface area contributed by atoms with Crippen molar-refractivity contribution in [2.24, 2.45) is 0 Å². The van der Waals surface area contributed by atoms with Gasteiger partial charge in [0.05, 0.1) is 11.6 Å². The van der Waals surface area contributed by atoms with Crippen LogP contribution in [0.25, 0.3) is 0 Å². The third kappa shape index (κ3) is 4.28. The number of esters is 1. The number of ether oxygens (including phenoxy) is 1. The van der Waals surface area contributed by atoms with Gasteiger partial charge in [0.1, 0.15) is 0 Å². The van der Waals surface area contributed by atoms with Crippen LogP contribution in [0.1, 0.15) is 35.8 Å². The first kappa shape index (κ1) is 13.1. The Labute approximate surface area is 100 Å². The minimum atomic E-state index is -0.327. The molecule has 0 fully saturated rings. The minimum absolute atomic E-state index is 0.327. The molecule has 0 saturated heterocycles. The number of thiazole rings is 1. The van der Waals surface area contributed by atoms with E-state index in [1.54, 1.807) is 12.3 Å². The summed E-state index contributed by atoms with van der Waals surface area (Å²) < 4.78 is 4.87. The Bertz CT molecular complexity index is 326. The van der Waals surface area contributed by atoms with Gasteiger partial charge in [0.25, 0.3) is 0 Å². The van der Waals surface area contributed by atoms with Gasteiger partial charge < -0.3 is 10.1 Å². The third-order valence-corrected chi connectivity index (χ3v) is 2.89. The van der Waals surface area contributed by atoms with Crippen LogP contribution in [-0.4, -0.2) is 30.6 Å². The molecule has 0 aliphatic heterocycles. The SMILES string of the molecule is CCCNCCc1nc(C(=O)OCC)cs1. The zero-order valence-corrected chi connectivity index (χ0v) is 10.6. The van der Waals surface area contributed by atoms with Gasteiger partial charge in [-0.1, -0.05) is 6.92 Å².